The van der Waals surface area contributed by atoms with Gasteiger partial charge in [-0.05, 0) is 54.7 Å². The average molecular weight is 443 g/mol. The maximum Gasteiger partial charge on any atom is 0.319 e. The third kappa shape index (κ3) is 5.71. The molecule has 0 bridgehead atoms. The summed E-state index contributed by atoms with van der Waals surface area (Å²) in [5, 5.41) is 8.60. The molecule has 33 heavy (non-hydrogen) atoms. The van der Waals surface area contributed by atoms with Crippen molar-refractivity contribution in [2.45, 2.75) is 26.3 Å². The molecular formula is C27H30N4O2. The molecule has 3 N–H and O–H groups in total. The fraction of sp³-hybridized carbons (Fsp3) is 0.259. The van der Waals surface area contributed by atoms with Gasteiger partial charge in [0.2, 0.25) is 0 Å². The topological polar surface area (TPSA) is 73.5 Å². The Morgan fingerprint density at radius 2 is 1.67 bits per heavy atom. The molecule has 0 fully saturated rings. The van der Waals surface area contributed by atoms with Crippen LogP contribution in [0.5, 0.6) is 0 Å². The molecule has 3 amide bonds. The quantitative estimate of drug-likeness (QED) is 0.509. The van der Waals surface area contributed by atoms with Gasteiger partial charge in [0.25, 0.3) is 5.91 Å². The Kier molecular flexibility index (Phi) is 7.25. The molecule has 6 heteroatoms. The van der Waals surface area contributed by atoms with E-state index in [0.717, 1.165) is 31.6 Å². The van der Waals surface area contributed by atoms with E-state index in [4.69, 9.17) is 0 Å². The lowest BCUT2D eigenvalue weighted by Crippen LogP contribution is -2.34. The summed E-state index contributed by atoms with van der Waals surface area (Å²) >= 11 is 0. The van der Waals surface area contributed by atoms with E-state index in [1.54, 1.807) is 6.07 Å². The Morgan fingerprint density at radius 3 is 2.45 bits per heavy atom. The third-order valence-corrected chi connectivity index (χ3v) is 5.85. The largest absolute Gasteiger partial charge is 0.366 e. The first-order valence-corrected chi connectivity index (χ1v) is 11.5. The Bertz CT molecular complexity index is 1110. The van der Waals surface area contributed by atoms with E-state index in [1.807, 2.05) is 37.3 Å². The monoisotopic (exact) mass is 442 g/mol. The van der Waals surface area contributed by atoms with Gasteiger partial charge in [-0.2, -0.15) is 0 Å². The van der Waals surface area contributed by atoms with Crippen LogP contribution in [-0.2, 0) is 19.4 Å². The second-order valence-corrected chi connectivity index (χ2v) is 8.15. The fourth-order valence-corrected chi connectivity index (χ4v) is 4.17. The van der Waals surface area contributed by atoms with E-state index in [0.29, 0.717) is 24.3 Å². The molecule has 3 aromatic carbocycles. The molecule has 0 saturated carbocycles. The van der Waals surface area contributed by atoms with Crippen molar-refractivity contribution in [2.24, 2.45) is 0 Å². The number of nitrogens with zero attached hydrogens (tertiary/aromatic N) is 1. The molecule has 1 heterocycles. The third-order valence-electron chi connectivity index (χ3n) is 5.85. The molecule has 1 aliphatic rings. The lowest BCUT2D eigenvalue weighted by atomic mass is 9.98. The minimum absolute atomic E-state index is 0.140. The number of hydrogen-bond acceptors (Lipinski definition) is 3. The van der Waals surface area contributed by atoms with Crippen LogP contribution in [0.15, 0.2) is 72.8 Å². The van der Waals surface area contributed by atoms with E-state index < -0.39 is 0 Å². The summed E-state index contributed by atoms with van der Waals surface area (Å²) in [4.78, 5) is 27.5. The molecule has 4 rings (SSSR count). The summed E-state index contributed by atoms with van der Waals surface area (Å²) in [6, 6.07) is 23.8. The Hall–Kier alpha value is -3.80. The summed E-state index contributed by atoms with van der Waals surface area (Å²) in [5.41, 5.74) is 5.85. The van der Waals surface area contributed by atoms with Crippen LogP contribution in [0.2, 0.25) is 0 Å². The van der Waals surface area contributed by atoms with Gasteiger partial charge in [-0.25, -0.2) is 4.79 Å². The van der Waals surface area contributed by atoms with Gasteiger partial charge in [0.05, 0.1) is 5.56 Å². The van der Waals surface area contributed by atoms with Crippen LogP contribution in [0.4, 0.5) is 16.2 Å². The number of anilines is 2. The predicted octanol–water partition coefficient (Wildman–Crippen LogP) is 4.36. The molecule has 6 nitrogen and oxygen atoms in total. The number of fused-ring (bicyclic) bond motifs is 1. The number of amides is 3. The van der Waals surface area contributed by atoms with Crippen molar-refractivity contribution in [3.8, 4) is 0 Å². The lowest BCUT2D eigenvalue weighted by molar-refractivity contribution is 0.0954. The molecular weight excluding hydrogens is 412 g/mol. The van der Waals surface area contributed by atoms with Crippen molar-refractivity contribution < 1.29 is 9.59 Å². The maximum atomic E-state index is 13.2. The zero-order chi connectivity index (χ0) is 23.0. The second-order valence-electron chi connectivity index (χ2n) is 8.15. The van der Waals surface area contributed by atoms with Crippen molar-refractivity contribution in [2.75, 3.05) is 29.9 Å². The van der Waals surface area contributed by atoms with Crippen LogP contribution in [0.1, 0.15) is 34.0 Å². The number of urea groups is 1. The summed E-state index contributed by atoms with van der Waals surface area (Å²) in [7, 11) is 0. The van der Waals surface area contributed by atoms with Crippen LogP contribution in [0.3, 0.4) is 0 Å². The number of carbonyl (C=O) groups excluding carboxylic acids is 2. The second kappa shape index (κ2) is 10.7. The molecule has 0 saturated heterocycles. The van der Waals surface area contributed by atoms with Crippen LogP contribution in [0, 0.1) is 0 Å². The Balaban J connectivity index is 1.54. The van der Waals surface area contributed by atoms with Gasteiger partial charge >= 0.3 is 6.03 Å². The van der Waals surface area contributed by atoms with E-state index in [1.165, 1.54) is 16.7 Å². The van der Waals surface area contributed by atoms with Crippen LogP contribution in [0.25, 0.3) is 0 Å². The summed E-state index contributed by atoms with van der Waals surface area (Å²) in [6.07, 6.45) is 1.69. The van der Waals surface area contributed by atoms with Crippen molar-refractivity contribution in [1.29, 1.82) is 0 Å². The minimum Gasteiger partial charge on any atom is -0.366 e. The first-order valence-electron chi connectivity index (χ1n) is 11.5. The highest BCUT2D eigenvalue weighted by Gasteiger charge is 2.22. The SMILES string of the molecule is CCNC(=O)Nc1ccc(N2CCc3ccccc3C2)c(C(=O)NCCc2ccccc2)c1. The van der Waals surface area contributed by atoms with Gasteiger partial charge in [-0.15, -0.1) is 0 Å². The Morgan fingerprint density at radius 1 is 0.909 bits per heavy atom. The molecule has 1 aliphatic heterocycles. The highest BCUT2D eigenvalue weighted by molar-refractivity contribution is 6.02. The zero-order valence-electron chi connectivity index (χ0n) is 18.9. The molecule has 0 aromatic heterocycles. The number of rotatable bonds is 7. The van der Waals surface area contributed by atoms with Crippen molar-refractivity contribution in [3.63, 3.8) is 0 Å². The van der Waals surface area contributed by atoms with Crippen LogP contribution < -0.4 is 20.9 Å². The van der Waals surface area contributed by atoms with Gasteiger partial charge in [-0.1, -0.05) is 54.6 Å². The predicted molar refractivity (Wildman–Crippen MR) is 133 cm³/mol. The smallest absolute Gasteiger partial charge is 0.319 e. The maximum absolute atomic E-state index is 13.2. The van der Waals surface area contributed by atoms with Crippen LogP contribution >= 0.6 is 0 Å². The minimum atomic E-state index is -0.285. The molecule has 170 valence electrons. The molecule has 3 aromatic rings. The number of carbonyl (C=O) groups is 2. The summed E-state index contributed by atoms with van der Waals surface area (Å²) in [5.74, 6) is -0.140. The van der Waals surface area contributed by atoms with E-state index >= 15 is 0 Å². The van der Waals surface area contributed by atoms with Crippen molar-refractivity contribution in [3.05, 3.63) is 95.1 Å². The van der Waals surface area contributed by atoms with Gasteiger partial charge in [0.1, 0.15) is 0 Å². The Labute approximate surface area is 195 Å². The van der Waals surface area contributed by atoms with Gasteiger partial charge in [0.15, 0.2) is 0 Å². The molecule has 0 unspecified atom stereocenters. The first kappa shape index (κ1) is 22.4. The van der Waals surface area contributed by atoms with E-state index in [9.17, 15) is 9.59 Å². The first-order chi connectivity index (χ1) is 16.1. The van der Waals surface area contributed by atoms with Crippen molar-refractivity contribution >= 4 is 23.3 Å². The summed E-state index contributed by atoms with van der Waals surface area (Å²) in [6.45, 7) is 4.53. The van der Waals surface area contributed by atoms with Gasteiger partial charge in [-0.3, -0.25) is 4.79 Å². The van der Waals surface area contributed by atoms with Gasteiger partial charge < -0.3 is 20.9 Å². The number of hydrogen-bond donors (Lipinski definition) is 3. The van der Waals surface area contributed by atoms with Gasteiger partial charge in [0, 0.05) is 37.6 Å². The molecule has 0 atom stereocenters. The highest BCUT2D eigenvalue weighted by atomic mass is 16.2. The standard InChI is InChI=1S/C27H30N4O2/c1-2-28-27(33)30-23-12-13-25(31-17-15-21-10-6-7-11-22(21)19-31)24(18-23)26(32)29-16-14-20-8-4-3-5-9-20/h3-13,18H,2,14-17,19H2,1H3,(H,29,32)(H2,28,30,33). The molecule has 0 spiro atoms. The molecule has 0 radical (unpaired) electrons. The normalized spacial score (nSPS) is 12.6. The lowest BCUT2D eigenvalue weighted by Gasteiger charge is -2.32. The van der Waals surface area contributed by atoms with Crippen molar-refractivity contribution in [1.82, 2.24) is 10.6 Å². The molecule has 0 aliphatic carbocycles. The number of nitrogens with one attached hydrogen (secondary N) is 3. The summed E-state index contributed by atoms with van der Waals surface area (Å²) < 4.78 is 0. The van der Waals surface area contributed by atoms with Crippen LogP contribution in [-0.4, -0.2) is 31.6 Å². The van der Waals surface area contributed by atoms with E-state index in [2.05, 4.69) is 57.2 Å². The zero-order valence-corrected chi connectivity index (χ0v) is 18.9. The average Bonchev–Trinajstić information content (AvgIpc) is 2.84. The van der Waals surface area contributed by atoms with E-state index in [-0.39, 0.29) is 11.9 Å². The number of benzene rings is 3. The highest BCUT2D eigenvalue weighted by Crippen LogP contribution is 2.29. The fourth-order valence-electron chi connectivity index (χ4n) is 4.17.